The third-order valence-corrected chi connectivity index (χ3v) is 5.56. The van der Waals surface area contributed by atoms with Gasteiger partial charge in [-0.2, -0.15) is 4.31 Å². The summed E-state index contributed by atoms with van der Waals surface area (Å²) >= 11 is 5.83. The quantitative estimate of drug-likeness (QED) is 0.858. The molecule has 0 aromatic heterocycles. The summed E-state index contributed by atoms with van der Waals surface area (Å²) in [6.07, 6.45) is 0. The van der Waals surface area contributed by atoms with Gasteiger partial charge in [0.25, 0.3) is 0 Å². The van der Waals surface area contributed by atoms with E-state index in [1.807, 2.05) is 32.0 Å². The lowest BCUT2D eigenvalue weighted by Crippen LogP contribution is -2.26. The smallest absolute Gasteiger partial charge is 0.207 e. The summed E-state index contributed by atoms with van der Waals surface area (Å²) in [6.45, 7) is 4.18. The highest BCUT2D eigenvalue weighted by Crippen LogP contribution is 2.20. The maximum atomic E-state index is 12.6. The van der Waals surface area contributed by atoms with E-state index in [-0.39, 0.29) is 0 Å². The molecule has 0 fully saturated rings. The number of sulfonamides is 1. The molecule has 0 bridgehead atoms. The number of rotatable bonds is 4. The SMILES string of the molecule is Cc1ccc(S(=O)(=O)N(C)Cc2ccc(Cl)cc2)cc1C. The van der Waals surface area contributed by atoms with Gasteiger partial charge >= 0.3 is 0 Å². The van der Waals surface area contributed by atoms with Crippen molar-refractivity contribution in [1.29, 1.82) is 0 Å². The summed E-state index contributed by atoms with van der Waals surface area (Å²) in [5.41, 5.74) is 2.94. The van der Waals surface area contributed by atoms with E-state index in [9.17, 15) is 8.42 Å². The van der Waals surface area contributed by atoms with Crippen molar-refractivity contribution < 1.29 is 8.42 Å². The number of hydrogen-bond donors (Lipinski definition) is 0. The first-order valence-electron chi connectivity index (χ1n) is 6.59. The van der Waals surface area contributed by atoms with Crippen molar-refractivity contribution in [3.8, 4) is 0 Å². The molecule has 0 amide bonds. The van der Waals surface area contributed by atoms with Crippen molar-refractivity contribution >= 4 is 21.6 Å². The van der Waals surface area contributed by atoms with Gasteiger partial charge in [-0.1, -0.05) is 29.8 Å². The first kappa shape index (κ1) is 16.0. The molecule has 2 rings (SSSR count). The van der Waals surface area contributed by atoms with Crippen LogP contribution in [0.5, 0.6) is 0 Å². The summed E-state index contributed by atoms with van der Waals surface area (Å²) in [5, 5.41) is 0.637. The molecule has 0 unspecified atom stereocenters. The van der Waals surface area contributed by atoms with E-state index in [1.165, 1.54) is 4.31 Å². The van der Waals surface area contributed by atoms with E-state index in [1.54, 1.807) is 31.3 Å². The standard InChI is InChI=1S/C16H18ClNO2S/c1-12-4-9-16(10-13(12)2)21(19,20)18(3)11-14-5-7-15(17)8-6-14/h4-10H,11H2,1-3H3. The Morgan fingerprint density at radius 2 is 1.62 bits per heavy atom. The van der Waals surface area contributed by atoms with E-state index >= 15 is 0 Å². The molecule has 2 aromatic carbocycles. The fourth-order valence-corrected chi connectivity index (χ4v) is 3.36. The topological polar surface area (TPSA) is 37.4 Å². The average molecular weight is 324 g/mol. The number of nitrogens with zero attached hydrogens (tertiary/aromatic N) is 1. The first-order valence-corrected chi connectivity index (χ1v) is 8.40. The predicted molar refractivity (Wildman–Crippen MR) is 86.0 cm³/mol. The highest BCUT2D eigenvalue weighted by molar-refractivity contribution is 7.89. The lowest BCUT2D eigenvalue weighted by atomic mass is 10.1. The van der Waals surface area contributed by atoms with E-state index in [4.69, 9.17) is 11.6 Å². The number of halogens is 1. The van der Waals surface area contributed by atoms with Crippen LogP contribution in [0.2, 0.25) is 5.02 Å². The molecule has 0 atom stereocenters. The number of aryl methyl sites for hydroxylation is 2. The minimum atomic E-state index is -3.49. The molecule has 0 aliphatic heterocycles. The Kier molecular flexibility index (Phi) is 4.71. The Labute approximate surface area is 131 Å². The second-order valence-electron chi connectivity index (χ2n) is 5.13. The monoisotopic (exact) mass is 323 g/mol. The van der Waals surface area contributed by atoms with Gasteiger partial charge in [0, 0.05) is 18.6 Å². The van der Waals surface area contributed by atoms with Gasteiger partial charge in [-0.05, 0) is 54.8 Å². The fraction of sp³-hybridized carbons (Fsp3) is 0.250. The first-order chi connectivity index (χ1) is 9.80. The lowest BCUT2D eigenvalue weighted by molar-refractivity contribution is 0.466. The molecule has 5 heteroatoms. The lowest BCUT2D eigenvalue weighted by Gasteiger charge is -2.18. The molecule has 3 nitrogen and oxygen atoms in total. The Bertz CT molecular complexity index is 739. The van der Waals surface area contributed by atoms with Gasteiger partial charge < -0.3 is 0 Å². The Balaban J connectivity index is 2.25. The summed E-state index contributed by atoms with van der Waals surface area (Å²) in [6, 6.07) is 12.4. The normalized spacial score (nSPS) is 11.9. The molecule has 0 saturated carbocycles. The van der Waals surface area contributed by atoms with E-state index in [0.29, 0.717) is 16.5 Å². The second kappa shape index (κ2) is 6.18. The number of benzene rings is 2. The Morgan fingerprint density at radius 3 is 2.19 bits per heavy atom. The van der Waals surface area contributed by atoms with Crippen molar-refractivity contribution in [3.63, 3.8) is 0 Å². The number of hydrogen-bond acceptors (Lipinski definition) is 2. The minimum Gasteiger partial charge on any atom is -0.207 e. The van der Waals surface area contributed by atoms with Crippen LogP contribution in [0.1, 0.15) is 16.7 Å². The molecule has 112 valence electrons. The molecule has 0 N–H and O–H groups in total. The molecule has 0 aliphatic carbocycles. The molecule has 2 aromatic rings. The molecule has 0 heterocycles. The summed E-state index contributed by atoms with van der Waals surface area (Å²) in [4.78, 5) is 0.321. The van der Waals surface area contributed by atoms with Crippen LogP contribution < -0.4 is 0 Å². The van der Waals surface area contributed by atoms with Gasteiger partial charge in [0.1, 0.15) is 0 Å². The van der Waals surface area contributed by atoms with Crippen LogP contribution >= 0.6 is 11.6 Å². The zero-order valence-electron chi connectivity index (χ0n) is 12.3. The van der Waals surface area contributed by atoms with Crippen molar-refractivity contribution in [1.82, 2.24) is 4.31 Å². The van der Waals surface area contributed by atoms with E-state index in [2.05, 4.69) is 0 Å². The molecular formula is C16H18ClNO2S. The highest BCUT2D eigenvalue weighted by atomic mass is 35.5. The third kappa shape index (κ3) is 3.64. The Morgan fingerprint density at radius 1 is 1.00 bits per heavy atom. The predicted octanol–water partition coefficient (Wildman–Crippen LogP) is 3.78. The van der Waals surface area contributed by atoms with Crippen molar-refractivity contribution in [2.45, 2.75) is 25.3 Å². The molecular weight excluding hydrogens is 306 g/mol. The second-order valence-corrected chi connectivity index (χ2v) is 7.61. The molecule has 0 aliphatic rings. The van der Waals surface area contributed by atoms with Crippen molar-refractivity contribution in [3.05, 3.63) is 64.2 Å². The van der Waals surface area contributed by atoms with Gasteiger partial charge in [0.15, 0.2) is 0 Å². The summed E-state index contributed by atoms with van der Waals surface area (Å²) in [5.74, 6) is 0. The van der Waals surface area contributed by atoms with Gasteiger partial charge in [-0.15, -0.1) is 0 Å². The largest absolute Gasteiger partial charge is 0.243 e. The maximum absolute atomic E-state index is 12.6. The molecule has 21 heavy (non-hydrogen) atoms. The van der Waals surface area contributed by atoms with E-state index < -0.39 is 10.0 Å². The van der Waals surface area contributed by atoms with Gasteiger partial charge in [-0.3, -0.25) is 0 Å². The molecule has 0 saturated heterocycles. The average Bonchev–Trinajstić information content (AvgIpc) is 2.44. The Hall–Kier alpha value is -1.36. The minimum absolute atomic E-state index is 0.312. The zero-order valence-corrected chi connectivity index (χ0v) is 13.9. The summed E-state index contributed by atoms with van der Waals surface area (Å²) in [7, 11) is -1.90. The van der Waals surface area contributed by atoms with Gasteiger partial charge in [0.2, 0.25) is 10.0 Å². The van der Waals surface area contributed by atoms with Crippen LogP contribution in [0.4, 0.5) is 0 Å². The van der Waals surface area contributed by atoms with Crippen LogP contribution in [0, 0.1) is 13.8 Å². The van der Waals surface area contributed by atoms with Crippen LogP contribution in [-0.2, 0) is 16.6 Å². The molecule has 0 spiro atoms. The van der Waals surface area contributed by atoms with Crippen molar-refractivity contribution in [2.75, 3.05) is 7.05 Å². The van der Waals surface area contributed by atoms with Crippen LogP contribution in [0.15, 0.2) is 47.4 Å². The van der Waals surface area contributed by atoms with Crippen LogP contribution in [0.25, 0.3) is 0 Å². The van der Waals surface area contributed by atoms with E-state index in [0.717, 1.165) is 16.7 Å². The van der Waals surface area contributed by atoms with Crippen LogP contribution in [0.3, 0.4) is 0 Å². The molecule has 0 radical (unpaired) electrons. The maximum Gasteiger partial charge on any atom is 0.243 e. The van der Waals surface area contributed by atoms with Crippen molar-refractivity contribution in [2.24, 2.45) is 0 Å². The fourth-order valence-electron chi connectivity index (χ4n) is 1.99. The third-order valence-electron chi connectivity index (χ3n) is 3.51. The van der Waals surface area contributed by atoms with Crippen LogP contribution in [-0.4, -0.2) is 19.8 Å². The van der Waals surface area contributed by atoms with Gasteiger partial charge in [-0.25, -0.2) is 8.42 Å². The summed E-state index contributed by atoms with van der Waals surface area (Å²) < 4.78 is 26.5. The highest BCUT2D eigenvalue weighted by Gasteiger charge is 2.21. The zero-order chi connectivity index (χ0) is 15.6. The van der Waals surface area contributed by atoms with Gasteiger partial charge in [0.05, 0.1) is 4.90 Å².